The predicted molar refractivity (Wildman–Crippen MR) is 72.9 cm³/mol. The van der Waals surface area contributed by atoms with Gasteiger partial charge in [0.05, 0.1) is 17.3 Å². The summed E-state index contributed by atoms with van der Waals surface area (Å²) >= 11 is 4.84. The van der Waals surface area contributed by atoms with Crippen molar-refractivity contribution in [1.82, 2.24) is 9.55 Å². The van der Waals surface area contributed by atoms with E-state index in [4.69, 9.17) is 0 Å². The quantitative estimate of drug-likeness (QED) is 0.647. The van der Waals surface area contributed by atoms with Gasteiger partial charge in [0, 0.05) is 10.9 Å². The molecule has 17 heavy (non-hydrogen) atoms. The Balaban J connectivity index is 2.27. The normalized spacial score (nSPS) is 10.9. The summed E-state index contributed by atoms with van der Waals surface area (Å²) in [6, 6.07) is 7.48. The molecular formula is C12H7BrN2OS. The largest absolute Gasteiger partial charge is 0.282 e. The minimum atomic E-state index is -0.00660. The third-order valence-corrected chi connectivity index (χ3v) is 3.86. The lowest BCUT2D eigenvalue weighted by Crippen LogP contribution is -2.16. The zero-order valence-corrected chi connectivity index (χ0v) is 11.0. The Morgan fingerprint density at radius 1 is 1.24 bits per heavy atom. The average molecular weight is 307 g/mol. The summed E-state index contributed by atoms with van der Waals surface area (Å²) in [7, 11) is 0. The van der Waals surface area contributed by atoms with Gasteiger partial charge in [-0.2, -0.15) is 0 Å². The van der Waals surface area contributed by atoms with Crippen LogP contribution in [0.5, 0.6) is 0 Å². The minimum Gasteiger partial charge on any atom is -0.282 e. The Bertz CT molecular complexity index is 730. The van der Waals surface area contributed by atoms with Crippen LogP contribution in [0.25, 0.3) is 15.8 Å². The molecule has 84 valence electrons. The summed E-state index contributed by atoms with van der Waals surface area (Å²) in [5.74, 6) is 0. The second kappa shape index (κ2) is 4.09. The van der Waals surface area contributed by atoms with Crippen LogP contribution < -0.4 is 5.56 Å². The number of aromatic nitrogens is 2. The highest BCUT2D eigenvalue weighted by Gasteiger charge is 2.05. The number of fused-ring (bicyclic) bond motifs is 1. The lowest BCUT2D eigenvalue weighted by atomic mass is 10.3. The van der Waals surface area contributed by atoms with Gasteiger partial charge in [0.2, 0.25) is 0 Å². The second-order valence-corrected chi connectivity index (χ2v) is 5.29. The molecule has 0 bridgehead atoms. The molecular weight excluding hydrogens is 300 g/mol. The SMILES string of the molecule is O=c1c2ccsc2ccn1-c1ccc(Br)nc1. The maximum Gasteiger partial charge on any atom is 0.263 e. The summed E-state index contributed by atoms with van der Waals surface area (Å²) in [6.07, 6.45) is 3.45. The van der Waals surface area contributed by atoms with E-state index < -0.39 is 0 Å². The average Bonchev–Trinajstić information content (AvgIpc) is 2.80. The molecule has 0 aliphatic heterocycles. The molecule has 0 aliphatic rings. The van der Waals surface area contributed by atoms with Crippen LogP contribution in [0.15, 0.2) is 51.4 Å². The standard InChI is InChI=1S/C12H7BrN2OS/c13-11-2-1-8(7-14-11)15-5-3-10-9(12(15)16)4-6-17-10/h1-7H. The van der Waals surface area contributed by atoms with Crippen LogP contribution in [-0.4, -0.2) is 9.55 Å². The van der Waals surface area contributed by atoms with Gasteiger partial charge in [-0.15, -0.1) is 11.3 Å². The fourth-order valence-electron chi connectivity index (χ4n) is 1.68. The Hall–Kier alpha value is -1.46. The van der Waals surface area contributed by atoms with Gasteiger partial charge in [-0.25, -0.2) is 4.98 Å². The number of rotatable bonds is 1. The highest BCUT2D eigenvalue weighted by Crippen LogP contribution is 2.18. The first-order valence-corrected chi connectivity index (χ1v) is 6.64. The second-order valence-electron chi connectivity index (χ2n) is 3.53. The first-order valence-electron chi connectivity index (χ1n) is 4.96. The Kier molecular flexibility index (Phi) is 2.57. The van der Waals surface area contributed by atoms with Crippen molar-refractivity contribution in [2.24, 2.45) is 0 Å². The Labute approximate surface area is 109 Å². The van der Waals surface area contributed by atoms with E-state index >= 15 is 0 Å². The molecule has 0 fully saturated rings. The van der Waals surface area contributed by atoms with Gasteiger partial charge in [-0.1, -0.05) is 0 Å². The first kappa shape index (κ1) is 10.7. The summed E-state index contributed by atoms with van der Waals surface area (Å²) in [5, 5.41) is 2.68. The van der Waals surface area contributed by atoms with Crippen molar-refractivity contribution in [3.05, 3.63) is 57.0 Å². The van der Waals surface area contributed by atoms with Crippen molar-refractivity contribution in [3.8, 4) is 5.69 Å². The molecule has 0 N–H and O–H groups in total. The van der Waals surface area contributed by atoms with E-state index in [0.717, 1.165) is 20.4 Å². The molecule has 3 nitrogen and oxygen atoms in total. The minimum absolute atomic E-state index is 0.00660. The fraction of sp³-hybridized carbons (Fsp3) is 0. The Morgan fingerprint density at radius 2 is 2.12 bits per heavy atom. The first-order chi connectivity index (χ1) is 8.25. The lowest BCUT2D eigenvalue weighted by molar-refractivity contribution is 0.993. The lowest BCUT2D eigenvalue weighted by Gasteiger charge is -2.04. The van der Waals surface area contributed by atoms with E-state index in [1.54, 1.807) is 28.3 Å². The molecule has 5 heteroatoms. The molecule has 0 aliphatic carbocycles. The smallest absolute Gasteiger partial charge is 0.263 e. The van der Waals surface area contributed by atoms with Crippen molar-refractivity contribution in [2.75, 3.05) is 0 Å². The fourth-order valence-corrected chi connectivity index (χ4v) is 2.69. The van der Waals surface area contributed by atoms with Crippen LogP contribution in [0, 0.1) is 0 Å². The van der Waals surface area contributed by atoms with Crippen LogP contribution >= 0.6 is 27.3 Å². The molecule has 0 aromatic carbocycles. The summed E-state index contributed by atoms with van der Waals surface area (Å²) in [4.78, 5) is 16.3. The van der Waals surface area contributed by atoms with Crippen molar-refractivity contribution < 1.29 is 0 Å². The van der Waals surface area contributed by atoms with Crippen molar-refractivity contribution >= 4 is 37.4 Å². The molecule has 0 saturated heterocycles. The molecule has 3 aromatic rings. The third-order valence-electron chi connectivity index (χ3n) is 2.51. The van der Waals surface area contributed by atoms with Gasteiger partial charge in [0.15, 0.2) is 0 Å². The summed E-state index contributed by atoms with van der Waals surface area (Å²) in [5.41, 5.74) is 0.763. The van der Waals surface area contributed by atoms with E-state index in [9.17, 15) is 4.79 Å². The van der Waals surface area contributed by atoms with Crippen LogP contribution in [0.4, 0.5) is 0 Å². The molecule has 0 spiro atoms. The number of halogens is 1. The molecule has 0 atom stereocenters. The van der Waals surface area contributed by atoms with Crippen molar-refractivity contribution in [3.63, 3.8) is 0 Å². The predicted octanol–water partition coefficient (Wildman–Crippen LogP) is 3.21. The molecule has 3 aromatic heterocycles. The van der Waals surface area contributed by atoms with Crippen LogP contribution in [0.1, 0.15) is 0 Å². The zero-order chi connectivity index (χ0) is 11.8. The van der Waals surface area contributed by atoms with Crippen molar-refractivity contribution in [2.45, 2.75) is 0 Å². The highest BCUT2D eigenvalue weighted by atomic mass is 79.9. The Morgan fingerprint density at radius 3 is 2.88 bits per heavy atom. The third kappa shape index (κ3) is 1.81. The summed E-state index contributed by atoms with van der Waals surface area (Å²) < 4.78 is 3.37. The zero-order valence-electron chi connectivity index (χ0n) is 8.63. The highest BCUT2D eigenvalue weighted by molar-refractivity contribution is 9.10. The summed E-state index contributed by atoms with van der Waals surface area (Å²) in [6.45, 7) is 0. The van der Waals surface area contributed by atoms with E-state index in [-0.39, 0.29) is 5.56 Å². The van der Waals surface area contributed by atoms with Crippen LogP contribution in [0.3, 0.4) is 0 Å². The van der Waals surface area contributed by atoms with Gasteiger partial charge >= 0.3 is 0 Å². The molecule has 0 saturated carbocycles. The number of hydrogen-bond acceptors (Lipinski definition) is 3. The van der Waals surface area contributed by atoms with Gasteiger partial charge in [0.1, 0.15) is 4.60 Å². The number of nitrogens with zero attached hydrogens (tertiary/aromatic N) is 2. The number of hydrogen-bond donors (Lipinski definition) is 0. The van der Waals surface area contributed by atoms with Gasteiger partial charge in [-0.05, 0) is 45.6 Å². The van der Waals surface area contributed by atoms with E-state index in [2.05, 4.69) is 20.9 Å². The number of pyridine rings is 2. The molecule has 3 heterocycles. The molecule has 0 radical (unpaired) electrons. The van der Waals surface area contributed by atoms with E-state index in [0.29, 0.717) is 0 Å². The molecule has 3 rings (SSSR count). The van der Waals surface area contributed by atoms with Gasteiger partial charge in [0.25, 0.3) is 5.56 Å². The molecule has 0 unspecified atom stereocenters. The van der Waals surface area contributed by atoms with E-state index in [1.807, 2.05) is 29.6 Å². The topological polar surface area (TPSA) is 34.9 Å². The maximum absolute atomic E-state index is 12.2. The van der Waals surface area contributed by atoms with Gasteiger partial charge < -0.3 is 0 Å². The van der Waals surface area contributed by atoms with Crippen LogP contribution in [0.2, 0.25) is 0 Å². The number of thiophene rings is 1. The maximum atomic E-state index is 12.2. The van der Waals surface area contributed by atoms with E-state index in [1.165, 1.54) is 0 Å². The molecule has 0 amide bonds. The van der Waals surface area contributed by atoms with Gasteiger partial charge in [-0.3, -0.25) is 9.36 Å². The monoisotopic (exact) mass is 306 g/mol. The van der Waals surface area contributed by atoms with Crippen LogP contribution in [-0.2, 0) is 0 Å². The van der Waals surface area contributed by atoms with Crippen molar-refractivity contribution in [1.29, 1.82) is 0 Å².